The molecule has 0 unspecified atom stereocenters. The molecule has 3 rings (SSSR count). The Labute approximate surface area is 144 Å². The fourth-order valence-electron chi connectivity index (χ4n) is 2.30. The first-order valence-corrected chi connectivity index (χ1v) is 8.47. The third-order valence-electron chi connectivity index (χ3n) is 3.47. The van der Waals surface area contributed by atoms with Gasteiger partial charge in [0.15, 0.2) is 0 Å². The Bertz CT molecular complexity index is 800. The van der Waals surface area contributed by atoms with E-state index in [1.54, 1.807) is 23.5 Å². The SMILES string of the molecule is O=C(Cc1ccc(NCc2cccs2)cc1)Nc1cccc(F)c1. The van der Waals surface area contributed by atoms with Gasteiger partial charge in [0.1, 0.15) is 5.82 Å². The maximum Gasteiger partial charge on any atom is 0.228 e. The smallest absolute Gasteiger partial charge is 0.228 e. The van der Waals surface area contributed by atoms with Gasteiger partial charge in [-0.1, -0.05) is 24.3 Å². The molecule has 122 valence electrons. The van der Waals surface area contributed by atoms with Gasteiger partial charge in [0, 0.05) is 22.8 Å². The molecule has 0 saturated carbocycles. The molecule has 1 amide bonds. The topological polar surface area (TPSA) is 41.1 Å². The predicted octanol–water partition coefficient (Wildman–Crippen LogP) is 4.68. The van der Waals surface area contributed by atoms with E-state index in [9.17, 15) is 9.18 Å². The lowest BCUT2D eigenvalue weighted by Crippen LogP contribution is -2.14. The Hall–Kier alpha value is -2.66. The normalized spacial score (nSPS) is 10.4. The number of carbonyl (C=O) groups is 1. The van der Waals surface area contributed by atoms with Crippen LogP contribution in [0, 0.1) is 5.82 Å². The van der Waals surface area contributed by atoms with Crippen molar-refractivity contribution in [2.24, 2.45) is 0 Å². The van der Waals surface area contributed by atoms with Crippen LogP contribution in [0.25, 0.3) is 0 Å². The van der Waals surface area contributed by atoms with Crippen molar-refractivity contribution in [2.45, 2.75) is 13.0 Å². The summed E-state index contributed by atoms with van der Waals surface area (Å²) in [7, 11) is 0. The molecule has 0 radical (unpaired) electrons. The second kappa shape index (κ2) is 7.75. The van der Waals surface area contributed by atoms with Crippen molar-refractivity contribution in [3.63, 3.8) is 0 Å². The van der Waals surface area contributed by atoms with E-state index < -0.39 is 0 Å². The first kappa shape index (κ1) is 16.2. The van der Waals surface area contributed by atoms with Gasteiger partial charge in [-0.3, -0.25) is 4.79 Å². The van der Waals surface area contributed by atoms with Gasteiger partial charge in [-0.15, -0.1) is 11.3 Å². The lowest BCUT2D eigenvalue weighted by Gasteiger charge is -2.08. The van der Waals surface area contributed by atoms with Crippen LogP contribution < -0.4 is 10.6 Å². The zero-order valence-corrected chi connectivity index (χ0v) is 13.8. The highest BCUT2D eigenvalue weighted by Gasteiger charge is 2.05. The molecule has 0 saturated heterocycles. The number of nitrogens with one attached hydrogen (secondary N) is 2. The first-order chi connectivity index (χ1) is 11.7. The maximum atomic E-state index is 13.1. The van der Waals surface area contributed by atoms with Crippen LogP contribution in [0.15, 0.2) is 66.0 Å². The van der Waals surface area contributed by atoms with Gasteiger partial charge in [-0.25, -0.2) is 4.39 Å². The second-order valence-electron chi connectivity index (χ2n) is 5.37. The number of benzene rings is 2. The third kappa shape index (κ3) is 4.67. The fourth-order valence-corrected chi connectivity index (χ4v) is 2.94. The van der Waals surface area contributed by atoms with Crippen molar-refractivity contribution >= 4 is 28.6 Å². The molecule has 0 aliphatic carbocycles. The summed E-state index contributed by atoms with van der Waals surface area (Å²) in [4.78, 5) is 13.3. The predicted molar refractivity (Wildman–Crippen MR) is 96.8 cm³/mol. The number of anilines is 2. The van der Waals surface area contributed by atoms with E-state index in [0.717, 1.165) is 17.8 Å². The molecule has 0 fully saturated rings. The van der Waals surface area contributed by atoms with E-state index in [0.29, 0.717) is 5.69 Å². The molecule has 1 aromatic heterocycles. The molecule has 0 atom stereocenters. The van der Waals surface area contributed by atoms with Crippen molar-refractivity contribution in [3.8, 4) is 0 Å². The molecule has 24 heavy (non-hydrogen) atoms. The molecule has 1 heterocycles. The maximum absolute atomic E-state index is 13.1. The molecule has 0 aliphatic rings. The van der Waals surface area contributed by atoms with Crippen LogP contribution in [-0.2, 0) is 17.8 Å². The number of amides is 1. The molecule has 0 spiro atoms. The number of halogens is 1. The third-order valence-corrected chi connectivity index (χ3v) is 4.35. The lowest BCUT2D eigenvalue weighted by molar-refractivity contribution is -0.115. The van der Waals surface area contributed by atoms with Crippen molar-refractivity contribution in [1.82, 2.24) is 0 Å². The van der Waals surface area contributed by atoms with Crippen LogP contribution >= 0.6 is 11.3 Å². The molecule has 0 bridgehead atoms. The summed E-state index contributed by atoms with van der Waals surface area (Å²) >= 11 is 1.71. The van der Waals surface area contributed by atoms with Crippen molar-refractivity contribution in [1.29, 1.82) is 0 Å². The van der Waals surface area contributed by atoms with Gasteiger partial charge in [0.05, 0.1) is 6.42 Å². The monoisotopic (exact) mass is 340 g/mol. The average molecular weight is 340 g/mol. The van der Waals surface area contributed by atoms with Gasteiger partial charge < -0.3 is 10.6 Å². The zero-order valence-electron chi connectivity index (χ0n) is 13.0. The van der Waals surface area contributed by atoms with E-state index in [2.05, 4.69) is 22.1 Å². The summed E-state index contributed by atoms with van der Waals surface area (Å²) in [5.74, 6) is -0.533. The van der Waals surface area contributed by atoms with E-state index in [1.165, 1.54) is 17.0 Å². The lowest BCUT2D eigenvalue weighted by atomic mass is 10.1. The zero-order chi connectivity index (χ0) is 16.8. The molecule has 5 heteroatoms. The Morgan fingerprint density at radius 1 is 1.00 bits per heavy atom. The number of rotatable bonds is 6. The number of carbonyl (C=O) groups excluding carboxylic acids is 1. The van der Waals surface area contributed by atoms with Gasteiger partial charge in [0.2, 0.25) is 5.91 Å². The molecule has 0 aliphatic heterocycles. The molecule has 3 nitrogen and oxygen atoms in total. The molecular weight excluding hydrogens is 323 g/mol. The Balaban J connectivity index is 1.52. The van der Waals surface area contributed by atoms with Crippen LogP contribution in [0.4, 0.5) is 15.8 Å². The number of hydrogen-bond acceptors (Lipinski definition) is 3. The Kier molecular flexibility index (Phi) is 5.23. The first-order valence-electron chi connectivity index (χ1n) is 7.60. The second-order valence-corrected chi connectivity index (χ2v) is 6.40. The van der Waals surface area contributed by atoms with E-state index >= 15 is 0 Å². The summed E-state index contributed by atoms with van der Waals surface area (Å²) in [5.41, 5.74) is 2.39. The van der Waals surface area contributed by atoms with Crippen LogP contribution in [-0.4, -0.2) is 5.91 Å². The summed E-state index contributed by atoms with van der Waals surface area (Å²) in [5, 5.41) is 8.09. The largest absolute Gasteiger partial charge is 0.380 e. The van der Waals surface area contributed by atoms with Gasteiger partial charge in [-0.2, -0.15) is 0 Å². The molecular formula is C19H17FN2OS. The minimum absolute atomic E-state index is 0.167. The van der Waals surface area contributed by atoms with Crippen LogP contribution in [0.5, 0.6) is 0 Å². The van der Waals surface area contributed by atoms with E-state index in [4.69, 9.17) is 0 Å². The Morgan fingerprint density at radius 3 is 2.54 bits per heavy atom. The van der Waals surface area contributed by atoms with Gasteiger partial charge in [0.25, 0.3) is 0 Å². The van der Waals surface area contributed by atoms with Crippen molar-refractivity contribution in [2.75, 3.05) is 10.6 Å². The number of thiophene rings is 1. The van der Waals surface area contributed by atoms with Gasteiger partial charge >= 0.3 is 0 Å². The summed E-state index contributed by atoms with van der Waals surface area (Å²) < 4.78 is 13.1. The summed E-state index contributed by atoms with van der Waals surface area (Å²) in [6, 6.07) is 17.7. The minimum atomic E-state index is -0.367. The fraction of sp³-hybridized carbons (Fsp3) is 0.105. The highest BCUT2D eigenvalue weighted by molar-refractivity contribution is 7.09. The highest BCUT2D eigenvalue weighted by atomic mass is 32.1. The average Bonchev–Trinajstić information content (AvgIpc) is 3.07. The quantitative estimate of drug-likeness (QED) is 0.684. The highest BCUT2D eigenvalue weighted by Crippen LogP contribution is 2.15. The van der Waals surface area contributed by atoms with Crippen molar-refractivity contribution < 1.29 is 9.18 Å². The van der Waals surface area contributed by atoms with E-state index in [-0.39, 0.29) is 18.1 Å². The standard InChI is InChI=1S/C19H17FN2OS/c20-15-3-1-4-17(12-15)22-19(23)11-14-6-8-16(9-7-14)21-13-18-5-2-10-24-18/h1-10,12,21H,11,13H2,(H,22,23). The molecule has 2 N–H and O–H groups in total. The van der Waals surface area contributed by atoms with Crippen molar-refractivity contribution in [3.05, 3.63) is 82.3 Å². The van der Waals surface area contributed by atoms with Crippen LogP contribution in [0.2, 0.25) is 0 Å². The minimum Gasteiger partial charge on any atom is -0.380 e. The van der Waals surface area contributed by atoms with Crippen LogP contribution in [0.3, 0.4) is 0 Å². The molecule has 2 aromatic carbocycles. The summed E-state index contributed by atoms with van der Waals surface area (Å²) in [6.07, 6.45) is 0.252. The van der Waals surface area contributed by atoms with E-state index in [1.807, 2.05) is 30.3 Å². The van der Waals surface area contributed by atoms with Gasteiger partial charge in [-0.05, 0) is 47.3 Å². The number of hydrogen-bond donors (Lipinski definition) is 2. The Morgan fingerprint density at radius 2 is 1.83 bits per heavy atom. The summed E-state index contributed by atoms with van der Waals surface area (Å²) in [6.45, 7) is 0.789. The molecule has 3 aromatic rings. The van der Waals surface area contributed by atoms with Crippen LogP contribution in [0.1, 0.15) is 10.4 Å².